The van der Waals surface area contributed by atoms with E-state index in [0.717, 1.165) is 10.4 Å². The molecule has 2 heterocycles. The van der Waals surface area contributed by atoms with Gasteiger partial charge in [0.25, 0.3) is 11.6 Å². The quantitative estimate of drug-likeness (QED) is 0.712. The third-order valence-electron chi connectivity index (χ3n) is 2.32. The Morgan fingerprint density at radius 3 is 3.00 bits per heavy atom. The number of aryl methyl sites for hydroxylation is 1. The molecule has 0 aromatic carbocycles. The Balaban J connectivity index is 2.46. The number of aromatic nitrogens is 2. The minimum absolute atomic E-state index is 0.266. The third kappa shape index (κ3) is 1.63. The van der Waals surface area contributed by atoms with E-state index < -0.39 is 0 Å². The zero-order valence-corrected chi connectivity index (χ0v) is 9.22. The third-order valence-corrected chi connectivity index (χ3v) is 2.32. The minimum atomic E-state index is -0.266. The molecule has 0 N–H and O–H groups in total. The molecule has 0 spiro atoms. The van der Waals surface area contributed by atoms with Crippen LogP contribution in [0.25, 0.3) is 11.1 Å². The van der Waals surface area contributed by atoms with Crippen LogP contribution in [0.3, 0.4) is 0 Å². The van der Waals surface area contributed by atoms with Crippen LogP contribution in [-0.2, 0) is 4.84 Å². The molecule has 0 fully saturated rings. The maximum absolute atomic E-state index is 11.8. The molecule has 6 nitrogen and oxygen atoms in total. The van der Waals surface area contributed by atoms with Gasteiger partial charge in [0.05, 0.1) is 23.8 Å². The first kappa shape index (κ1) is 10.6. The van der Waals surface area contributed by atoms with Gasteiger partial charge in [-0.2, -0.15) is 0 Å². The van der Waals surface area contributed by atoms with E-state index in [-0.39, 0.29) is 5.91 Å². The van der Waals surface area contributed by atoms with Gasteiger partial charge in [0, 0.05) is 13.2 Å². The summed E-state index contributed by atoms with van der Waals surface area (Å²) in [5.74, 6) is -0.266. The van der Waals surface area contributed by atoms with Crippen LogP contribution in [0.2, 0.25) is 0 Å². The Kier molecular flexibility index (Phi) is 2.57. The van der Waals surface area contributed by atoms with E-state index in [1.54, 1.807) is 13.0 Å². The molecule has 0 atom stereocenters. The molecule has 1 amide bonds. The van der Waals surface area contributed by atoms with Crippen LogP contribution in [0.5, 0.6) is 0 Å². The number of carbonyl (C=O) groups excluding carboxylic acids is 1. The molecular formula is C10H11N3O3. The number of rotatable bonds is 2. The number of nitrogens with zero attached hydrogens (tertiary/aromatic N) is 3. The lowest BCUT2D eigenvalue weighted by Gasteiger charge is -2.12. The van der Waals surface area contributed by atoms with Gasteiger partial charge < -0.3 is 4.52 Å². The van der Waals surface area contributed by atoms with Crippen molar-refractivity contribution in [2.45, 2.75) is 6.92 Å². The highest BCUT2D eigenvalue weighted by molar-refractivity contribution is 5.96. The first-order valence-corrected chi connectivity index (χ1v) is 4.67. The predicted octanol–water partition coefficient (Wildman–Crippen LogP) is 1.16. The van der Waals surface area contributed by atoms with Gasteiger partial charge in [0.1, 0.15) is 0 Å². The number of amides is 1. The average Bonchev–Trinajstić information content (AvgIpc) is 2.68. The fourth-order valence-electron chi connectivity index (χ4n) is 1.33. The van der Waals surface area contributed by atoms with Crippen molar-refractivity contribution in [2.75, 3.05) is 14.2 Å². The Morgan fingerprint density at radius 1 is 1.56 bits per heavy atom. The van der Waals surface area contributed by atoms with Crippen LogP contribution in [0.4, 0.5) is 0 Å². The van der Waals surface area contributed by atoms with Crippen molar-refractivity contribution in [1.29, 1.82) is 0 Å². The van der Waals surface area contributed by atoms with Gasteiger partial charge in [-0.25, -0.2) is 10.0 Å². The molecule has 6 heteroatoms. The van der Waals surface area contributed by atoms with Gasteiger partial charge in [-0.15, -0.1) is 0 Å². The SMILES string of the molecule is CON(C)C(=O)c1cnc2onc(C)c2c1. The van der Waals surface area contributed by atoms with Gasteiger partial charge in [0.15, 0.2) is 0 Å². The Hall–Kier alpha value is -1.95. The number of carbonyl (C=O) groups is 1. The molecule has 0 unspecified atom stereocenters. The number of fused-ring (bicyclic) bond motifs is 1. The Labute approximate surface area is 91.7 Å². The van der Waals surface area contributed by atoms with Crippen LogP contribution >= 0.6 is 0 Å². The topological polar surface area (TPSA) is 68.5 Å². The van der Waals surface area contributed by atoms with E-state index in [1.807, 2.05) is 0 Å². The molecule has 16 heavy (non-hydrogen) atoms. The van der Waals surface area contributed by atoms with Crippen molar-refractivity contribution < 1.29 is 14.2 Å². The van der Waals surface area contributed by atoms with Crippen LogP contribution in [0, 0.1) is 6.92 Å². The van der Waals surface area contributed by atoms with Gasteiger partial charge in [0.2, 0.25) is 0 Å². The largest absolute Gasteiger partial charge is 0.336 e. The molecular weight excluding hydrogens is 210 g/mol. The summed E-state index contributed by atoms with van der Waals surface area (Å²) in [5.41, 5.74) is 1.56. The van der Waals surface area contributed by atoms with E-state index in [0.29, 0.717) is 17.0 Å². The van der Waals surface area contributed by atoms with Crippen molar-refractivity contribution in [3.63, 3.8) is 0 Å². The molecule has 0 bridgehead atoms. The fraction of sp³-hybridized carbons (Fsp3) is 0.300. The summed E-state index contributed by atoms with van der Waals surface area (Å²) in [6, 6.07) is 1.69. The summed E-state index contributed by atoms with van der Waals surface area (Å²) < 4.78 is 4.95. The van der Waals surface area contributed by atoms with E-state index in [2.05, 4.69) is 10.1 Å². The molecule has 0 saturated heterocycles. The molecule has 2 rings (SSSR count). The normalized spacial score (nSPS) is 10.7. The molecule has 0 radical (unpaired) electrons. The van der Waals surface area contributed by atoms with Crippen LogP contribution in [0.15, 0.2) is 16.8 Å². The Morgan fingerprint density at radius 2 is 2.31 bits per heavy atom. The summed E-state index contributed by atoms with van der Waals surface area (Å²) >= 11 is 0. The molecule has 2 aromatic rings. The maximum Gasteiger partial charge on any atom is 0.278 e. The highest BCUT2D eigenvalue weighted by Gasteiger charge is 2.14. The van der Waals surface area contributed by atoms with E-state index >= 15 is 0 Å². The van der Waals surface area contributed by atoms with E-state index in [1.165, 1.54) is 20.4 Å². The smallest absolute Gasteiger partial charge is 0.278 e. The number of pyridine rings is 1. The zero-order chi connectivity index (χ0) is 11.7. The monoisotopic (exact) mass is 221 g/mol. The van der Waals surface area contributed by atoms with Crippen LogP contribution in [0.1, 0.15) is 16.1 Å². The summed E-state index contributed by atoms with van der Waals surface area (Å²) in [6.45, 7) is 1.79. The predicted molar refractivity (Wildman–Crippen MR) is 55.6 cm³/mol. The van der Waals surface area contributed by atoms with E-state index in [9.17, 15) is 4.79 Å². The van der Waals surface area contributed by atoms with Crippen molar-refractivity contribution in [1.82, 2.24) is 15.2 Å². The van der Waals surface area contributed by atoms with Crippen molar-refractivity contribution in [3.05, 3.63) is 23.5 Å². The molecule has 0 aliphatic carbocycles. The second-order valence-corrected chi connectivity index (χ2v) is 3.33. The average molecular weight is 221 g/mol. The number of hydrogen-bond donors (Lipinski definition) is 0. The van der Waals surface area contributed by atoms with Gasteiger partial charge in [-0.05, 0) is 13.0 Å². The molecule has 84 valence electrons. The first-order chi connectivity index (χ1) is 7.63. The fourth-order valence-corrected chi connectivity index (χ4v) is 1.33. The summed E-state index contributed by atoms with van der Waals surface area (Å²) in [6.07, 6.45) is 1.44. The van der Waals surface area contributed by atoms with Gasteiger partial charge in [-0.3, -0.25) is 9.63 Å². The highest BCUT2D eigenvalue weighted by atomic mass is 16.7. The number of hydroxylamine groups is 2. The van der Waals surface area contributed by atoms with Gasteiger partial charge >= 0.3 is 0 Å². The summed E-state index contributed by atoms with van der Waals surface area (Å²) in [7, 11) is 2.96. The first-order valence-electron chi connectivity index (χ1n) is 4.67. The Bertz CT molecular complexity index is 535. The lowest BCUT2D eigenvalue weighted by atomic mass is 10.2. The lowest BCUT2D eigenvalue weighted by molar-refractivity contribution is -0.0757. The summed E-state index contributed by atoms with van der Waals surface area (Å²) in [5, 5.41) is 5.63. The zero-order valence-electron chi connectivity index (χ0n) is 9.22. The second kappa shape index (κ2) is 3.90. The lowest BCUT2D eigenvalue weighted by Crippen LogP contribution is -2.25. The number of hydrogen-bond acceptors (Lipinski definition) is 5. The highest BCUT2D eigenvalue weighted by Crippen LogP contribution is 2.17. The van der Waals surface area contributed by atoms with Crippen molar-refractivity contribution in [2.24, 2.45) is 0 Å². The molecule has 2 aromatic heterocycles. The molecule has 0 saturated carbocycles. The standard InChI is InChI=1S/C10H11N3O3/c1-6-8-4-7(10(14)13(2)15-3)5-11-9(8)16-12-6/h4-5H,1-3H3. The van der Waals surface area contributed by atoms with E-state index in [4.69, 9.17) is 9.36 Å². The molecule has 0 aliphatic rings. The maximum atomic E-state index is 11.8. The van der Waals surface area contributed by atoms with Crippen LogP contribution < -0.4 is 0 Å². The minimum Gasteiger partial charge on any atom is -0.336 e. The van der Waals surface area contributed by atoms with Gasteiger partial charge in [-0.1, -0.05) is 5.16 Å². The molecule has 0 aliphatic heterocycles. The van der Waals surface area contributed by atoms with Crippen LogP contribution in [-0.4, -0.2) is 35.3 Å². The summed E-state index contributed by atoms with van der Waals surface area (Å²) in [4.78, 5) is 20.6. The second-order valence-electron chi connectivity index (χ2n) is 3.33. The van der Waals surface area contributed by atoms with Crippen molar-refractivity contribution in [3.8, 4) is 0 Å². The van der Waals surface area contributed by atoms with Crippen molar-refractivity contribution >= 4 is 17.0 Å².